The number of fused-ring (bicyclic) bond motifs is 5. The number of carbonyl (C=O) groups excluding carboxylic acids is 3. The maximum absolute atomic E-state index is 12.5. The molecule has 1 aromatic carbocycles. The van der Waals surface area contributed by atoms with E-state index in [1.807, 2.05) is 12.2 Å². The number of likely N-dealkylation sites (tertiary alicyclic amines) is 1. The van der Waals surface area contributed by atoms with Gasteiger partial charge in [-0.2, -0.15) is 0 Å². The molecule has 1 saturated heterocycles. The van der Waals surface area contributed by atoms with Crippen molar-refractivity contribution in [3.05, 3.63) is 41.4 Å². The van der Waals surface area contributed by atoms with Crippen molar-refractivity contribution in [2.45, 2.75) is 6.42 Å². The van der Waals surface area contributed by atoms with Gasteiger partial charge in [-0.3, -0.25) is 19.3 Å². The molecule has 4 rings (SSSR count). The van der Waals surface area contributed by atoms with Crippen LogP contribution < -0.4 is 5.32 Å². The quantitative estimate of drug-likeness (QED) is 0.681. The fourth-order valence-corrected chi connectivity index (χ4v) is 4.22. The van der Waals surface area contributed by atoms with E-state index < -0.39 is 5.91 Å². The van der Waals surface area contributed by atoms with E-state index in [9.17, 15) is 14.4 Å². The van der Waals surface area contributed by atoms with Gasteiger partial charge in [-0.25, -0.2) is 0 Å². The molecular formula is C17H15ClN2O3. The number of hydrogen-bond acceptors (Lipinski definition) is 3. The van der Waals surface area contributed by atoms with Gasteiger partial charge in [0, 0.05) is 10.7 Å². The summed E-state index contributed by atoms with van der Waals surface area (Å²) in [6.45, 7) is -0.239. The highest BCUT2D eigenvalue weighted by Crippen LogP contribution is 2.52. The van der Waals surface area contributed by atoms with Crippen LogP contribution in [0.4, 0.5) is 5.69 Å². The molecule has 0 spiro atoms. The lowest BCUT2D eigenvalue weighted by molar-refractivity contribution is -0.143. The summed E-state index contributed by atoms with van der Waals surface area (Å²) >= 11 is 5.87. The zero-order valence-corrected chi connectivity index (χ0v) is 13.0. The summed E-state index contributed by atoms with van der Waals surface area (Å²) < 4.78 is 0. The third-order valence-electron chi connectivity index (χ3n) is 4.97. The van der Waals surface area contributed by atoms with Crippen LogP contribution in [0.25, 0.3) is 0 Å². The standard InChI is InChI=1S/C17H15ClN2O3/c18-11-2-1-3-12(7-11)19-13(21)8-20-16(22)14-9-4-5-10(6-9)15(14)17(20)23/h1-5,7,9-10,14-15H,6,8H2,(H,19,21)/t9-,10-,14-,15-/m0/s1. The molecule has 118 valence electrons. The topological polar surface area (TPSA) is 66.5 Å². The van der Waals surface area contributed by atoms with E-state index in [0.717, 1.165) is 11.3 Å². The van der Waals surface area contributed by atoms with Gasteiger partial charge in [0.15, 0.2) is 0 Å². The van der Waals surface area contributed by atoms with Crippen molar-refractivity contribution in [3.63, 3.8) is 0 Å². The number of carbonyl (C=O) groups is 3. The summed E-state index contributed by atoms with van der Waals surface area (Å²) in [5, 5.41) is 3.18. The number of imide groups is 1. The summed E-state index contributed by atoms with van der Waals surface area (Å²) in [5.74, 6) is -1.04. The molecule has 3 aliphatic rings. The molecule has 23 heavy (non-hydrogen) atoms. The van der Waals surface area contributed by atoms with Gasteiger partial charge >= 0.3 is 0 Å². The highest BCUT2D eigenvalue weighted by Gasteiger charge is 2.59. The first-order valence-electron chi connectivity index (χ1n) is 7.63. The molecular weight excluding hydrogens is 316 g/mol. The highest BCUT2D eigenvalue weighted by atomic mass is 35.5. The summed E-state index contributed by atoms with van der Waals surface area (Å²) in [6, 6.07) is 6.74. The fourth-order valence-electron chi connectivity index (χ4n) is 4.03. The number of anilines is 1. The van der Waals surface area contributed by atoms with E-state index >= 15 is 0 Å². The zero-order chi connectivity index (χ0) is 16.1. The van der Waals surface area contributed by atoms with Crippen LogP contribution in [0, 0.1) is 23.7 Å². The molecule has 0 radical (unpaired) electrons. The summed E-state index contributed by atoms with van der Waals surface area (Å²) in [7, 11) is 0. The molecule has 1 N–H and O–H groups in total. The Morgan fingerprint density at radius 3 is 2.43 bits per heavy atom. The van der Waals surface area contributed by atoms with Crippen molar-refractivity contribution in [2.75, 3.05) is 11.9 Å². The Morgan fingerprint density at radius 2 is 1.83 bits per heavy atom. The van der Waals surface area contributed by atoms with Gasteiger partial charge in [0.1, 0.15) is 6.54 Å². The van der Waals surface area contributed by atoms with E-state index in [0.29, 0.717) is 10.7 Å². The number of nitrogens with zero attached hydrogens (tertiary/aromatic N) is 1. The van der Waals surface area contributed by atoms with Crippen molar-refractivity contribution in [3.8, 4) is 0 Å². The average molecular weight is 331 g/mol. The van der Waals surface area contributed by atoms with E-state index in [1.165, 1.54) is 0 Å². The highest BCUT2D eigenvalue weighted by molar-refractivity contribution is 6.30. The first kappa shape index (κ1) is 14.5. The SMILES string of the molecule is O=C(CN1C(=O)[C@@H]2[C@@H](C1=O)[C@H]1C=C[C@H]2C1)Nc1cccc(Cl)c1. The third kappa shape index (κ3) is 2.27. The predicted molar refractivity (Wildman–Crippen MR) is 84.5 cm³/mol. The predicted octanol–water partition coefficient (Wildman–Crippen LogP) is 2.09. The Balaban J connectivity index is 1.46. The van der Waals surface area contributed by atoms with E-state index in [-0.39, 0.29) is 42.0 Å². The maximum Gasteiger partial charge on any atom is 0.244 e. The number of halogens is 1. The van der Waals surface area contributed by atoms with Gasteiger partial charge in [0.2, 0.25) is 17.7 Å². The molecule has 2 aliphatic carbocycles. The molecule has 5 nitrogen and oxygen atoms in total. The minimum atomic E-state index is -0.394. The smallest absolute Gasteiger partial charge is 0.244 e. The first-order valence-corrected chi connectivity index (χ1v) is 8.01. The lowest BCUT2D eigenvalue weighted by Crippen LogP contribution is -2.39. The molecule has 1 aliphatic heterocycles. The van der Waals surface area contributed by atoms with Gasteiger partial charge in [-0.05, 0) is 36.5 Å². The maximum atomic E-state index is 12.5. The monoisotopic (exact) mass is 330 g/mol. The molecule has 6 heteroatoms. The molecule has 0 unspecified atom stereocenters. The average Bonchev–Trinajstić information content (AvgIpc) is 3.17. The second-order valence-corrected chi connectivity index (χ2v) is 6.76. The van der Waals surface area contributed by atoms with Crippen LogP contribution in [0.5, 0.6) is 0 Å². The normalized spacial score (nSPS) is 30.9. The zero-order valence-electron chi connectivity index (χ0n) is 12.2. The van der Waals surface area contributed by atoms with Crippen LogP contribution in [0.15, 0.2) is 36.4 Å². The van der Waals surface area contributed by atoms with Crippen molar-refractivity contribution >= 4 is 35.0 Å². The Hall–Kier alpha value is -2.14. The van der Waals surface area contributed by atoms with Gasteiger partial charge in [0.25, 0.3) is 0 Å². The molecule has 2 fully saturated rings. The van der Waals surface area contributed by atoms with Crippen LogP contribution in [-0.4, -0.2) is 29.2 Å². The van der Waals surface area contributed by atoms with Crippen LogP contribution >= 0.6 is 11.6 Å². The van der Waals surface area contributed by atoms with Gasteiger partial charge in [0.05, 0.1) is 11.8 Å². The molecule has 1 saturated carbocycles. The van der Waals surface area contributed by atoms with E-state index in [2.05, 4.69) is 5.32 Å². The summed E-state index contributed by atoms with van der Waals surface area (Å²) in [6.07, 6.45) is 4.95. The van der Waals surface area contributed by atoms with Gasteiger partial charge in [-0.15, -0.1) is 0 Å². The number of allylic oxidation sites excluding steroid dienone is 2. The molecule has 4 atom stereocenters. The Bertz CT molecular complexity index is 715. The second kappa shape index (κ2) is 5.20. The van der Waals surface area contributed by atoms with Crippen molar-refractivity contribution in [2.24, 2.45) is 23.7 Å². The van der Waals surface area contributed by atoms with Gasteiger partial charge in [-0.1, -0.05) is 29.8 Å². The lowest BCUT2D eigenvalue weighted by atomic mass is 9.85. The Morgan fingerprint density at radius 1 is 1.17 bits per heavy atom. The minimum Gasteiger partial charge on any atom is -0.324 e. The third-order valence-corrected chi connectivity index (χ3v) is 5.21. The van der Waals surface area contributed by atoms with Crippen LogP contribution in [0.2, 0.25) is 5.02 Å². The van der Waals surface area contributed by atoms with Crippen molar-refractivity contribution in [1.82, 2.24) is 4.90 Å². The molecule has 3 amide bonds. The van der Waals surface area contributed by atoms with Gasteiger partial charge < -0.3 is 5.32 Å². The number of nitrogens with one attached hydrogen (secondary N) is 1. The lowest BCUT2D eigenvalue weighted by Gasteiger charge is -2.16. The summed E-state index contributed by atoms with van der Waals surface area (Å²) in [4.78, 5) is 38.3. The number of hydrogen-bond donors (Lipinski definition) is 1. The first-order chi connectivity index (χ1) is 11.0. The Labute approximate surface area is 138 Å². The number of benzene rings is 1. The largest absolute Gasteiger partial charge is 0.324 e. The Kier molecular flexibility index (Phi) is 3.27. The number of amides is 3. The van der Waals surface area contributed by atoms with Crippen LogP contribution in [0.1, 0.15) is 6.42 Å². The number of rotatable bonds is 3. The van der Waals surface area contributed by atoms with Crippen LogP contribution in [0.3, 0.4) is 0 Å². The molecule has 2 bridgehead atoms. The van der Waals surface area contributed by atoms with E-state index in [1.54, 1.807) is 24.3 Å². The fraction of sp³-hybridized carbons (Fsp3) is 0.353. The van der Waals surface area contributed by atoms with E-state index in [4.69, 9.17) is 11.6 Å². The minimum absolute atomic E-state index is 0.155. The van der Waals surface area contributed by atoms with Crippen molar-refractivity contribution in [1.29, 1.82) is 0 Å². The summed E-state index contributed by atoms with van der Waals surface area (Å²) in [5.41, 5.74) is 0.545. The second-order valence-electron chi connectivity index (χ2n) is 6.32. The van der Waals surface area contributed by atoms with Crippen molar-refractivity contribution < 1.29 is 14.4 Å². The molecule has 1 heterocycles. The molecule has 1 aromatic rings. The molecule has 0 aromatic heterocycles. The van der Waals surface area contributed by atoms with Crippen LogP contribution in [-0.2, 0) is 14.4 Å².